The molecule has 1 aliphatic heterocycles. The number of anilines is 1. The summed E-state index contributed by atoms with van der Waals surface area (Å²) in [6.45, 7) is 1.62. The van der Waals surface area contributed by atoms with Crippen LogP contribution in [0, 0.1) is 10.1 Å². The van der Waals surface area contributed by atoms with Crippen LogP contribution in [-0.2, 0) is 13.0 Å². The number of nitro groups is 1. The van der Waals surface area contributed by atoms with E-state index in [9.17, 15) is 10.1 Å². The van der Waals surface area contributed by atoms with Gasteiger partial charge in [0.25, 0.3) is 5.69 Å². The standard InChI is InChI=1S/C14H13N3O2/c18-17(19)13-4-5-14-11(9-13)6-8-16(14)10-12-3-1-2-7-15-12/h1-5,7,9H,6,8,10H2. The van der Waals surface area contributed by atoms with E-state index in [0.29, 0.717) is 0 Å². The number of benzene rings is 1. The summed E-state index contributed by atoms with van der Waals surface area (Å²) < 4.78 is 0. The first-order valence-electron chi connectivity index (χ1n) is 6.16. The summed E-state index contributed by atoms with van der Waals surface area (Å²) >= 11 is 0. The van der Waals surface area contributed by atoms with Crippen LogP contribution in [0.5, 0.6) is 0 Å². The van der Waals surface area contributed by atoms with Gasteiger partial charge in [-0.05, 0) is 30.2 Å². The summed E-state index contributed by atoms with van der Waals surface area (Å²) in [4.78, 5) is 16.9. The van der Waals surface area contributed by atoms with Gasteiger partial charge in [-0.15, -0.1) is 0 Å². The Labute approximate surface area is 110 Å². The van der Waals surface area contributed by atoms with Crippen LogP contribution in [0.4, 0.5) is 11.4 Å². The summed E-state index contributed by atoms with van der Waals surface area (Å²) in [5.41, 5.74) is 3.30. The predicted molar refractivity (Wildman–Crippen MR) is 72.1 cm³/mol. The maximum Gasteiger partial charge on any atom is 0.269 e. The van der Waals surface area contributed by atoms with Crippen molar-refractivity contribution in [2.75, 3.05) is 11.4 Å². The van der Waals surface area contributed by atoms with Crippen molar-refractivity contribution in [3.05, 3.63) is 64.0 Å². The Morgan fingerprint density at radius 2 is 2.21 bits per heavy atom. The van der Waals surface area contributed by atoms with Crippen LogP contribution < -0.4 is 4.90 Å². The van der Waals surface area contributed by atoms with Gasteiger partial charge in [0.05, 0.1) is 17.2 Å². The molecule has 1 aromatic heterocycles. The molecule has 3 rings (SSSR count). The summed E-state index contributed by atoms with van der Waals surface area (Å²) in [7, 11) is 0. The predicted octanol–water partition coefficient (Wildman–Crippen LogP) is 2.55. The lowest BCUT2D eigenvalue weighted by atomic mass is 10.1. The van der Waals surface area contributed by atoms with E-state index in [1.165, 1.54) is 0 Å². The molecule has 96 valence electrons. The Balaban J connectivity index is 1.84. The zero-order chi connectivity index (χ0) is 13.2. The van der Waals surface area contributed by atoms with Crippen LogP contribution in [-0.4, -0.2) is 16.5 Å². The first-order chi connectivity index (χ1) is 9.24. The van der Waals surface area contributed by atoms with Gasteiger partial charge in [0.1, 0.15) is 0 Å². The van der Waals surface area contributed by atoms with Gasteiger partial charge < -0.3 is 4.90 Å². The normalized spacial score (nSPS) is 13.4. The SMILES string of the molecule is O=[N+]([O-])c1ccc2c(c1)CCN2Cc1ccccn1. The Bertz CT molecular complexity index is 613. The highest BCUT2D eigenvalue weighted by Crippen LogP contribution is 2.31. The summed E-state index contributed by atoms with van der Waals surface area (Å²) in [6.07, 6.45) is 2.63. The molecule has 2 heterocycles. The molecule has 0 atom stereocenters. The average molecular weight is 255 g/mol. The highest BCUT2D eigenvalue weighted by atomic mass is 16.6. The number of hydrogen-bond acceptors (Lipinski definition) is 4. The van der Waals surface area contributed by atoms with Crippen molar-refractivity contribution in [3.63, 3.8) is 0 Å². The lowest BCUT2D eigenvalue weighted by molar-refractivity contribution is -0.384. The third-order valence-electron chi connectivity index (χ3n) is 3.34. The Kier molecular flexibility index (Phi) is 2.87. The largest absolute Gasteiger partial charge is 0.365 e. The summed E-state index contributed by atoms with van der Waals surface area (Å²) in [5.74, 6) is 0. The minimum Gasteiger partial charge on any atom is -0.365 e. The Morgan fingerprint density at radius 1 is 1.32 bits per heavy atom. The molecule has 0 N–H and O–H groups in total. The maximum atomic E-state index is 10.8. The molecular weight excluding hydrogens is 242 g/mol. The molecule has 0 saturated heterocycles. The minimum atomic E-state index is -0.346. The van der Waals surface area contributed by atoms with Crippen LogP contribution in [0.2, 0.25) is 0 Å². The van der Waals surface area contributed by atoms with Gasteiger partial charge in [-0.1, -0.05) is 6.07 Å². The lowest BCUT2D eigenvalue weighted by Gasteiger charge is -2.18. The fraction of sp³-hybridized carbons (Fsp3) is 0.214. The molecule has 0 aliphatic carbocycles. The number of nitrogens with zero attached hydrogens (tertiary/aromatic N) is 3. The minimum absolute atomic E-state index is 0.165. The molecule has 0 unspecified atom stereocenters. The van der Waals surface area contributed by atoms with Crippen LogP contribution >= 0.6 is 0 Å². The van der Waals surface area contributed by atoms with Gasteiger partial charge in [0.2, 0.25) is 0 Å². The third kappa shape index (κ3) is 2.27. The molecule has 0 amide bonds. The van der Waals surface area contributed by atoms with E-state index in [1.54, 1.807) is 18.3 Å². The molecule has 0 bridgehead atoms. The van der Waals surface area contributed by atoms with E-state index in [4.69, 9.17) is 0 Å². The van der Waals surface area contributed by atoms with Crippen molar-refractivity contribution in [2.45, 2.75) is 13.0 Å². The molecule has 2 aromatic rings. The third-order valence-corrected chi connectivity index (χ3v) is 3.34. The van der Waals surface area contributed by atoms with Crippen LogP contribution in [0.25, 0.3) is 0 Å². The fourth-order valence-corrected chi connectivity index (χ4v) is 2.42. The molecule has 19 heavy (non-hydrogen) atoms. The summed E-state index contributed by atoms with van der Waals surface area (Å²) in [6, 6.07) is 10.9. The number of hydrogen-bond donors (Lipinski definition) is 0. The van der Waals surface area contributed by atoms with Crippen LogP contribution in [0.3, 0.4) is 0 Å². The average Bonchev–Trinajstić information content (AvgIpc) is 2.82. The first kappa shape index (κ1) is 11.6. The molecule has 0 fully saturated rings. The van der Waals surface area contributed by atoms with Crippen molar-refractivity contribution in [3.8, 4) is 0 Å². The monoisotopic (exact) mass is 255 g/mol. The second kappa shape index (κ2) is 4.68. The molecule has 0 spiro atoms. The zero-order valence-electron chi connectivity index (χ0n) is 10.3. The van der Waals surface area contributed by atoms with Crippen molar-refractivity contribution in [1.29, 1.82) is 0 Å². The van der Waals surface area contributed by atoms with Gasteiger partial charge in [0.15, 0.2) is 0 Å². The van der Waals surface area contributed by atoms with Gasteiger partial charge >= 0.3 is 0 Å². The van der Waals surface area contributed by atoms with Crippen molar-refractivity contribution in [1.82, 2.24) is 4.98 Å². The van der Waals surface area contributed by atoms with Crippen LogP contribution in [0.1, 0.15) is 11.3 Å². The second-order valence-electron chi connectivity index (χ2n) is 4.56. The van der Waals surface area contributed by atoms with Crippen molar-refractivity contribution in [2.24, 2.45) is 0 Å². The van der Waals surface area contributed by atoms with E-state index >= 15 is 0 Å². The van der Waals surface area contributed by atoms with E-state index in [1.807, 2.05) is 24.3 Å². The molecule has 1 aliphatic rings. The Hall–Kier alpha value is -2.43. The fourth-order valence-electron chi connectivity index (χ4n) is 2.42. The zero-order valence-corrected chi connectivity index (χ0v) is 10.3. The van der Waals surface area contributed by atoms with E-state index in [2.05, 4.69) is 9.88 Å². The molecule has 0 saturated carbocycles. The number of fused-ring (bicyclic) bond motifs is 1. The molecular formula is C14H13N3O2. The smallest absolute Gasteiger partial charge is 0.269 e. The number of rotatable bonds is 3. The van der Waals surface area contributed by atoms with Gasteiger partial charge in [-0.25, -0.2) is 0 Å². The molecule has 1 aromatic carbocycles. The molecule has 5 heteroatoms. The number of pyridine rings is 1. The summed E-state index contributed by atoms with van der Waals surface area (Å²) in [5, 5.41) is 10.8. The molecule has 5 nitrogen and oxygen atoms in total. The molecule has 0 radical (unpaired) electrons. The number of nitro benzene ring substituents is 1. The number of non-ortho nitro benzene ring substituents is 1. The topological polar surface area (TPSA) is 59.3 Å². The quantitative estimate of drug-likeness (QED) is 0.624. The van der Waals surface area contributed by atoms with Gasteiger partial charge in [-0.2, -0.15) is 0 Å². The Morgan fingerprint density at radius 3 is 2.95 bits per heavy atom. The van der Waals surface area contributed by atoms with Crippen molar-refractivity contribution >= 4 is 11.4 Å². The van der Waals surface area contributed by atoms with E-state index in [0.717, 1.165) is 36.5 Å². The van der Waals surface area contributed by atoms with Gasteiger partial charge in [0, 0.05) is 30.6 Å². The lowest BCUT2D eigenvalue weighted by Crippen LogP contribution is -2.20. The van der Waals surface area contributed by atoms with Crippen LogP contribution in [0.15, 0.2) is 42.6 Å². The van der Waals surface area contributed by atoms with E-state index in [-0.39, 0.29) is 10.6 Å². The van der Waals surface area contributed by atoms with Crippen molar-refractivity contribution < 1.29 is 4.92 Å². The van der Waals surface area contributed by atoms with E-state index < -0.39 is 0 Å². The first-order valence-corrected chi connectivity index (χ1v) is 6.16. The second-order valence-corrected chi connectivity index (χ2v) is 4.56. The maximum absolute atomic E-state index is 10.8. The van der Waals surface area contributed by atoms with Gasteiger partial charge in [-0.3, -0.25) is 15.1 Å². The highest BCUT2D eigenvalue weighted by molar-refractivity contribution is 5.61. The number of aromatic nitrogens is 1. The highest BCUT2D eigenvalue weighted by Gasteiger charge is 2.21.